The maximum absolute atomic E-state index is 12.1. The zero-order valence-electron chi connectivity index (χ0n) is 11.4. The van der Waals surface area contributed by atoms with E-state index in [1.807, 2.05) is 0 Å². The first-order chi connectivity index (χ1) is 9.35. The molecule has 2 fully saturated rings. The molecule has 2 aliphatic rings. The van der Waals surface area contributed by atoms with Gasteiger partial charge in [0.15, 0.2) is 9.84 Å². The van der Waals surface area contributed by atoms with Crippen molar-refractivity contribution in [3.05, 3.63) is 0 Å². The monoisotopic (exact) mass is 304 g/mol. The van der Waals surface area contributed by atoms with E-state index in [2.05, 4.69) is 5.32 Å². The Morgan fingerprint density at radius 1 is 1.35 bits per heavy atom. The molecule has 3 unspecified atom stereocenters. The number of fused-ring (bicyclic) bond motifs is 2. The summed E-state index contributed by atoms with van der Waals surface area (Å²) in [4.78, 5) is 24.8. The second-order valence-electron chi connectivity index (χ2n) is 5.35. The highest BCUT2D eigenvalue weighted by Gasteiger charge is 2.51. The molecule has 114 valence electrons. The molecule has 2 amide bonds. The van der Waals surface area contributed by atoms with E-state index < -0.39 is 21.7 Å². The highest BCUT2D eigenvalue weighted by Crippen LogP contribution is 2.41. The molecule has 0 aromatic carbocycles. The van der Waals surface area contributed by atoms with Gasteiger partial charge in [-0.15, -0.1) is 0 Å². The van der Waals surface area contributed by atoms with Gasteiger partial charge < -0.3 is 15.3 Å². The molecule has 2 aliphatic heterocycles. The average Bonchev–Trinajstić information content (AvgIpc) is 2.95. The molecule has 0 saturated carbocycles. The van der Waals surface area contributed by atoms with Crippen LogP contribution in [0.5, 0.6) is 0 Å². The topological polar surface area (TPSA) is 104 Å². The fourth-order valence-electron chi connectivity index (χ4n) is 3.12. The minimum absolute atomic E-state index is 0.0242. The van der Waals surface area contributed by atoms with Crippen molar-refractivity contribution in [2.75, 3.05) is 18.1 Å². The van der Waals surface area contributed by atoms with Gasteiger partial charge in [0.25, 0.3) is 0 Å². The molecule has 2 saturated heterocycles. The molecule has 0 aromatic rings. The zero-order chi connectivity index (χ0) is 14.9. The smallest absolute Gasteiger partial charge is 0.317 e. The van der Waals surface area contributed by atoms with Gasteiger partial charge in [-0.1, -0.05) is 6.92 Å². The van der Waals surface area contributed by atoms with Crippen LogP contribution < -0.4 is 5.32 Å². The van der Waals surface area contributed by atoms with E-state index in [-0.39, 0.29) is 36.2 Å². The van der Waals surface area contributed by atoms with Crippen LogP contribution in [0, 0.1) is 5.92 Å². The lowest BCUT2D eigenvalue weighted by molar-refractivity contribution is -0.142. The van der Waals surface area contributed by atoms with Crippen LogP contribution in [0.1, 0.15) is 26.2 Å². The van der Waals surface area contributed by atoms with Crippen LogP contribution in [-0.4, -0.2) is 60.6 Å². The fraction of sp³-hybridized carbons (Fsp3) is 0.833. The summed E-state index contributed by atoms with van der Waals surface area (Å²) in [6.07, 6.45) is 2.04. The van der Waals surface area contributed by atoms with E-state index in [1.54, 1.807) is 11.8 Å². The van der Waals surface area contributed by atoms with Gasteiger partial charge in [0.1, 0.15) is 0 Å². The predicted octanol–water partition coefficient (Wildman–Crippen LogP) is 0.0682. The maximum atomic E-state index is 12.1. The Morgan fingerprint density at radius 3 is 2.60 bits per heavy atom. The molecule has 2 heterocycles. The lowest BCUT2D eigenvalue weighted by atomic mass is 9.89. The number of urea groups is 1. The van der Waals surface area contributed by atoms with Crippen LogP contribution in [0.2, 0.25) is 0 Å². The third-order valence-electron chi connectivity index (χ3n) is 4.22. The molecule has 0 radical (unpaired) electrons. The largest absolute Gasteiger partial charge is 0.481 e. The average molecular weight is 304 g/mol. The number of sulfone groups is 1. The summed E-state index contributed by atoms with van der Waals surface area (Å²) >= 11 is 0. The Hall–Kier alpha value is -1.31. The third kappa shape index (κ3) is 2.89. The number of hydrogen-bond donors (Lipinski definition) is 2. The lowest BCUT2D eigenvalue weighted by Gasteiger charge is -2.23. The van der Waals surface area contributed by atoms with E-state index in [1.165, 1.54) is 0 Å². The summed E-state index contributed by atoms with van der Waals surface area (Å²) in [6.45, 7) is 1.64. The van der Waals surface area contributed by atoms with Gasteiger partial charge in [-0.2, -0.15) is 0 Å². The van der Waals surface area contributed by atoms with Gasteiger partial charge in [-0.3, -0.25) is 4.79 Å². The van der Waals surface area contributed by atoms with Crippen LogP contribution in [0.4, 0.5) is 4.79 Å². The Labute approximate surface area is 118 Å². The fourth-order valence-corrected chi connectivity index (χ4v) is 3.82. The Kier molecular flexibility index (Phi) is 4.22. The summed E-state index contributed by atoms with van der Waals surface area (Å²) in [5.41, 5.74) is 0. The second-order valence-corrected chi connectivity index (χ2v) is 7.83. The van der Waals surface area contributed by atoms with Crippen LogP contribution in [0.25, 0.3) is 0 Å². The Morgan fingerprint density at radius 2 is 2.05 bits per heavy atom. The number of nitrogens with zero attached hydrogens (tertiary/aromatic N) is 1. The Balaban J connectivity index is 1.89. The summed E-state index contributed by atoms with van der Waals surface area (Å²) in [5, 5.41) is 11.7. The maximum Gasteiger partial charge on any atom is 0.317 e. The van der Waals surface area contributed by atoms with Crippen molar-refractivity contribution < 1.29 is 23.1 Å². The number of aliphatic carboxylic acids is 1. The molecule has 8 heteroatoms. The van der Waals surface area contributed by atoms with Gasteiger partial charge in [0.05, 0.1) is 11.7 Å². The van der Waals surface area contributed by atoms with Crippen molar-refractivity contribution in [1.82, 2.24) is 10.2 Å². The standard InChI is InChI=1S/C12H20N2O5S/c1-2-20(18,19)6-5-13-12(17)14-8-3-4-10(14)9(7-8)11(15)16/h8-10H,2-7H2,1H3,(H,13,17)(H,15,16). The highest BCUT2D eigenvalue weighted by molar-refractivity contribution is 7.91. The van der Waals surface area contributed by atoms with Crippen molar-refractivity contribution in [1.29, 1.82) is 0 Å². The SMILES string of the molecule is CCS(=O)(=O)CCNC(=O)N1C2CCC1C(C(=O)O)C2. The van der Waals surface area contributed by atoms with Crippen LogP contribution in [0.3, 0.4) is 0 Å². The summed E-state index contributed by atoms with van der Waals surface area (Å²) in [5.74, 6) is -1.37. The molecular weight excluding hydrogens is 284 g/mol. The molecule has 2 bridgehead atoms. The van der Waals surface area contributed by atoms with E-state index in [4.69, 9.17) is 5.11 Å². The summed E-state index contributed by atoms with van der Waals surface area (Å²) < 4.78 is 22.7. The van der Waals surface area contributed by atoms with Gasteiger partial charge in [0.2, 0.25) is 0 Å². The van der Waals surface area contributed by atoms with Crippen LogP contribution in [-0.2, 0) is 14.6 Å². The van der Waals surface area contributed by atoms with Crippen molar-refractivity contribution in [3.8, 4) is 0 Å². The summed E-state index contributed by atoms with van der Waals surface area (Å²) in [7, 11) is -3.10. The van der Waals surface area contributed by atoms with E-state index in [0.29, 0.717) is 12.8 Å². The third-order valence-corrected chi connectivity index (χ3v) is 5.92. The quantitative estimate of drug-likeness (QED) is 0.748. The van der Waals surface area contributed by atoms with Crippen molar-refractivity contribution in [2.24, 2.45) is 5.92 Å². The molecule has 2 rings (SSSR count). The van der Waals surface area contributed by atoms with Gasteiger partial charge in [0, 0.05) is 24.4 Å². The van der Waals surface area contributed by atoms with Crippen molar-refractivity contribution in [3.63, 3.8) is 0 Å². The molecule has 20 heavy (non-hydrogen) atoms. The first-order valence-corrected chi connectivity index (χ1v) is 8.67. The van der Waals surface area contributed by atoms with Crippen LogP contribution in [0.15, 0.2) is 0 Å². The number of carboxylic acid groups (broad SMARTS) is 1. The first kappa shape index (κ1) is 15.1. The van der Waals surface area contributed by atoms with E-state index in [0.717, 1.165) is 6.42 Å². The molecule has 0 aliphatic carbocycles. The minimum Gasteiger partial charge on any atom is -0.481 e. The van der Waals surface area contributed by atoms with Gasteiger partial charge in [-0.25, -0.2) is 13.2 Å². The number of amides is 2. The van der Waals surface area contributed by atoms with E-state index >= 15 is 0 Å². The normalized spacial score (nSPS) is 28.6. The molecule has 0 aromatic heterocycles. The molecule has 0 spiro atoms. The predicted molar refractivity (Wildman–Crippen MR) is 72.1 cm³/mol. The zero-order valence-corrected chi connectivity index (χ0v) is 12.2. The van der Waals surface area contributed by atoms with Gasteiger partial charge in [-0.05, 0) is 19.3 Å². The minimum atomic E-state index is -3.10. The van der Waals surface area contributed by atoms with Crippen molar-refractivity contribution >= 4 is 21.8 Å². The number of carboxylic acids is 1. The highest BCUT2D eigenvalue weighted by atomic mass is 32.2. The molecular formula is C12H20N2O5S. The number of carbonyl (C=O) groups excluding carboxylic acids is 1. The number of hydrogen-bond acceptors (Lipinski definition) is 4. The summed E-state index contributed by atoms with van der Waals surface area (Å²) in [6, 6.07) is -0.614. The lowest BCUT2D eigenvalue weighted by Crippen LogP contribution is -2.45. The Bertz CT molecular complexity index is 504. The number of rotatable bonds is 5. The molecule has 2 N–H and O–H groups in total. The number of nitrogens with one attached hydrogen (secondary N) is 1. The van der Waals surface area contributed by atoms with Gasteiger partial charge >= 0.3 is 12.0 Å². The van der Waals surface area contributed by atoms with Crippen LogP contribution >= 0.6 is 0 Å². The molecule has 7 nitrogen and oxygen atoms in total. The van der Waals surface area contributed by atoms with Crippen molar-refractivity contribution in [2.45, 2.75) is 38.3 Å². The molecule has 3 atom stereocenters. The number of carbonyl (C=O) groups is 2. The van der Waals surface area contributed by atoms with E-state index in [9.17, 15) is 18.0 Å². The first-order valence-electron chi connectivity index (χ1n) is 6.85. The second kappa shape index (κ2) is 5.59.